The molecule has 2 rings (SSSR count). The third-order valence-corrected chi connectivity index (χ3v) is 2.97. The summed E-state index contributed by atoms with van der Waals surface area (Å²) in [7, 11) is 0. The Morgan fingerprint density at radius 1 is 1.73 bits per heavy atom. The molecule has 15 heavy (non-hydrogen) atoms. The fourth-order valence-corrected chi connectivity index (χ4v) is 1.86. The molecule has 1 amide bonds. The van der Waals surface area contributed by atoms with E-state index in [0.717, 1.165) is 37.1 Å². The van der Waals surface area contributed by atoms with E-state index in [4.69, 9.17) is 0 Å². The predicted molar refractivity (Wildman–Crippen MR) is 57.8 cm³/mol. The minimum Gasteiger partial charge on any atom is -0.349 e. The Morgan fingerprint density at radius 3 is 3.27 bits per heavy atom. The van der Waals surface area contributed by atoms with Gasteiger partial charge in [0.2, 0.25) is 0 Å². The molecule has 1 atom stereocenters. The van der Waals surface area contributed by atoms with Crippen LogP contribution in [0.5, 0.6) is 0 Å². The lowest BCUT2D eigenvalue weighted by Gasteiger charge is -2.10. The molecule has 1 aliphatic heterocycles. The van der Waals surface area contributed by atoms with Gasteiger partial charge in [0, 0.05) is 12.6 Å². The van der Waals surface area contributed by atoms with Gasteiger partial charge in [-0.05, 0) is 26.2 Å². The van der Waals surface area contributed by atoms with Crippen molar-refractivity contribution in [2.75, 3.05) is 0 Å². The summed E-state index contributed by atoms with van der Waals surface area (Å²) in [5.41, 5.74) is 1.85. The van der Waals surface area contributed by atoms with E-state index in [1.54, 1.807) is 6.20 Å². The van der Waals surface area contributed by atoms with Crippen molar-refractivity contribution in [2.24, 2.45) is 0 Å². The molecule has 4 heteroatoms. The summed E-state index contributed by atoms with van der Waals surface area (Å²) in [5.74, 6) is 0.0208. The zero-order valence-electron chi connectivity index (χ0n) is 9.29. The number of carbonyl (C=O) groups excluding carboxylic acids is 1. The third-order valence-electron chi connectivity index (χ3n) is 2.97. The summed E-state index contributed by atoms with van der Waals surface area (Å²) in [5, 5.41) is 7.18. The van der Waals surface area contributed by atoms with Crippen LogP contribution in [0.15, 0.2) is 6.20 Å². The standard InChI is InChI=1S/C11H17N3O/c1-3-8(2)13-11(15)9-7-12-14-6-4-5-10(9)14/h7-8H,3-6H2,1-2H3,(H,13,15)/t8-/m1/s1. The van der Waals surface area contributed by atoms with Crippen molar-refractivity contribution >= 4 is 5.91 Å². The van der Waals surface area contributed by atoms with Gasteiger partial charge in [-0.3, -0.25) is 9.48 Å². The van der Waals surface area contributed by atoms with Crippen molar-refractivity contribution in [2.45, 2.75) is 45.7 Å². The van der Waals surface area contributed by atoms with Crippen LogP contribution >= 0.6 is 0 Å². The largest absolute Gasteiger partial charge is 0.349 e. The quantitative estimate of drug-likeness (QED) is 0.813. The second kappa shape index (κ2) is 4.04. The van der Waals surface area contributed by atoms with Crippen molar-refractivity contribution in [3.8, 4) is 0 Å². The number of nitrogens with zero attached hydrogens (tertiary/aromatic N) is 2. The van der Waals surface area contributed by atoms with Crippen molar-refractivity contribution < 1.29 is 4.79 Å². The number of aryl methyl sites for hydroxylation is 1. The van der Waals surface area contributed by atoms with E-state index in [2.05, 4.69) is 17.3 Å². The zero-order chi connectivity index (χ0) is 10.8. The maximum atomic E-state index is 11.9. The Labute approximate surface area is 89.7 Å². The lowest BCUT2D eigenvalue weighted by atomic mass is 10.1. The van der Waals surface area contributed by atoms with Crippen molar-refractivity contribution in [3.63, 3.8) is 0 Å². The number of nitrogens with one attached hydrogen (secondary N) is 1. The van der Waals surface area contributed by atoms with Gasteiger partial charge in [0.1, 0.15) is 0 Å². The van der Waals surface area contributed by atoms with Crippen molar-refractivity contribution in [1.29, 1.82) is 0 Å². The number of carbonyl (C=O) groups is 1. The third kappa shape index (κ3) is 1.89. The van der Waals surface area contributed by atoms with E-state index in [0.29, 0.717) is 0 Å². The Hall–Kier alpha value is -1.32. The number of rotatable bonds is 3. The number of hydrogen-bond acceptors (Lipinski definition) is 2. The minimum atomic E-state index is 0.0208. The molecule has 0 unspecified atom stereocenters. The Morgan fingerprint density at radius 2 is 2.53 bits per heavy atom. The second-order valence-electron chi connectivity index (χ2n) is 4.11. The van der Waals surface area contributed by atoms with E-state index in [-0.39, 0.29) is 11.9 Å². The highest BCUT2D eigenvalue weighted by molar-refractivity contribution is 5.95. The number of aromatic nitrogens is 2. The van der Waals surface area contributed by atoms with Gasteiger partial charge in [-0.25, -0.2) is 0 Å². The van der Waals surface area contributed by atoms with Crippen molar-refractivity contribution in [3.05, 3.63) is 17.5 Å². The van der Waals surface area contributed by atoms with Gasteiger partial charge in [-0.2, -0.15) is 5.10 Å². The van der Waals surface area contributed by atoms with Crippen molar-refractivity contribution in [1.82, 2.24) is 15.1 Å². The first-order valence-electron chi connectivity index (χ1n) is 5.58. The van der Waals surface area contributed by atoms with E-state index >= 15 is 0 Å². The van der Waals surface area contributed by atoms with Crippen LogP contribution in [-0.4, -0.2) is 21.7 Å². The molecule has 0 aliphatic carbocycles. The molecule has 1 N–H and O–H groups in total. The molecule has 1 aromatic rings. The van der Waals surface area contributed by atoms with Crippen LogP contribution in [-0.2, 0) is 13.0 Å². The van der Waals surface area contributed by atoms with Gasteiger partial charge in [-0.1, -0.05) is 6.92 Å². The Kier molecular flexibility index (Phi) is 2.75. The van der Waals surface area contributed by atoms with Gasteiger partial charge in [-0.15, -0.1) is 0 Å². The normalized spacial score (nSPS) is 16.1. The molecule has 4 nitrogen and oxygen atoms in total. The smallest absolute Gasteiger partial charge is 0.254 e. The average molecular weight is 207 g/mol. The van der Waals surface area contributed by atoms with Gasteiger partial charge in [0.25, 0.3) is 5.91 Å². The summed E-state index contributed by atoms with van der Waals surface area (Å²) in [6.07, 6.45) is 4.72. The molecule has 1 aliphatic rings. The molecule has 0 spiro atoms. The molecule has 82 valence electrons. The molecule has 2 heterocycles. The lowest BCUT2D eigenvalue weighted by molar-refractivity contribution is 0.0938. The summed E-state index contributed by atoms with van der Waals surface area (Å²) < 4.78 is 1.94. The number of amides is 1. The van der Waals surface area contributed by atoms with Gasteiger partial charge in [0.15, 0.2) is 0 Å². The first-order chi connectivity index (χ1) is 7.22. The molecule has 1 aromatic heterocycles. The molecule has 0 saturated heterocycles. The maximum Gasteiger partial charge on any atom is 0.254 e. The molecular weight excluding hydrogens is 190 g/mol. The maximum absolute atomic E-state index is 11.9. The van der Waals surface area contributed by atoms with Crippen LogP contribution < -0.4 is 5.32 Å². The first-order valence-corrected chi connectivity index (χ1v) is 5.58. The number of fused-ring (bicyclic) bond motifs is 1. The SMILES string of the molecule is CC[C@@H](C)NC(=O)c1cnn2c1CCC2. The van der Waals surface area contributed by atoms with Gasteiger partial charge in [0.05, 0.1) is 17.5 Å². The van der Waals surface area contributed by atoms with Crippen LogP contribution in [0.1, 0.15) is 42.7 Å². The van der Waals surface area contributed by atoms with E-state index in [1.165, 1.54) is 0 Å². The summed E-state index contributed by atoms with van der Waals surface area (Å²) in [6, 6.07) is 0.231. The second-order valence-corrected chi connectivity index (χ2v) is 4.11. The van der Waals surface area contributed by atoms with Gasteiger partial charge >= 0.3 is 0 Å². The van der Waals surface area contributed by atoms with Crippen LogP contribution in [0, 0.1) is 0 Å². The molecule has 0 aromatic carbocycles. The highest BCUT2D eigenvalue weighted by Crippen LogP contribution is 2.18. The highest BCUT2D eigenvalue weighted by Gasteiger charge is 2.21. The number of hydrogen-bond donors (Lipinski definition) is 1. The molecule has 0 radical (unpaired) electrons. The highest BCUT2D eigenvalue weighted by atomic mass is 16.1. The summed E-state index contributed by atoms with van der Waals surface area (Å²) in [4.78, 5) is 11.9. The Balaban J connectivity index is 2.12. The lowest BCUT2D eigenvalue weighted by Crippen LogP contribution is -2.32. The van der Waals surface area contributed by atoms with E-state index in [9.17, 15) is 4.79 Å². The molecule has 0 fully saturated rings. The molecule has 0 saturated carbocycles. The van der Waals surface area contributed by atoms with E-state index < -0.39 is 0 Å². The van der Waals surface area contributed by atoms with Gasteiger partial charge < -0.3 is 5.32 Å². The monoisotopic (exact) mass is 207 g/mol. The van der Waals surface area contributed by atoms with Crippen LogP contribution in [0.2, 0.25) is 0 Å². The predicted octanol–water partition coefficient (Wildman–Crippen LogP) is 1.36. The molecule has 0 bridgehead atoms. The summed E-state index contributed by atoms with van der Waals surface area (Å²) >= 11 is 0. The van der Waals surface area contributed by atoms with Crippen LogP contribution in [0.25, 0.3) is 0 Å². The minimum absolute atomic E-state index is 0.0208. The van der Waals surface area contributed by atoms with Crippen LogP contribution in [0.4, 0.5) is 0 Å². The topological polar surface area (TPSA) is 46.9 Å². The van der Waals surface area contributed by atoms with E-state index in [1.807, 2.05) is 11.6 Å². The first kappa shape index (κ1) is 10.2. The fourth-order valence-electron chi connectivity index (χ4n) is 1.86. The zero-order valence-corrected chi connectivity index (χ0v) is 9.29. The molecular formula is C11H17N3O. The summed E-state index contributed by atoms with van der Waals surface area (Å²) in [6.45, 7) is 5.03. The van der Waals surface area contributed by atoms with Crippen LogP contribution in [0.3, 0.4) is 0 Å². The fraction of sp³-hybridized carbons (Fsp3) is 0.636. The average Bonchev–Trinajstić information content (AvgIpc) is 2.77. The Bertz CT molecular complexity index is 370.